The first-order chi connectivity index (χ1) is 7.11. The lowest BCUT2D eigenvalue weighted by Crippen LogP contribution is -2.35. The predicted molar refractivity (Wildman–Crippen MR) is 71.9 cm³/mol. The molecule has 0 amide bonds. The Hall–Kier alpha value is 0.467. The molecule has 0 aliphatic carbocycles. The van der Waals surface area contributed by atoms with Crippen molar-refractivity contribution in [2.75, 3.05) is 0 Å². The van der Waals surface area contributed by atoms with Crippen LogP contribution >= 0.6 is 11.1 Å². The van der Waals surface area contributed by atoms with E-state index < -0.39 is 7.63 Å². The van der Waals surface area contributed by atoms with Gasteiger partial charge in [0.05, 0.1) is 0 Å². The van der Waals surface area contributed by atoms with Crippen LogP contribution in [0, 0.1) is 0 Å². The minimum Gasteiger partial charge on any atom is -0.400 e. The van der Waals surface area contributed by atoms with E-state index in [1.807, 2.05) is 0 Å². The van der Waals surface area contributed by atoms with Gasteiger partial charge in [0.15, 0.2) is 0 Å². The second-order valence-electron chi connectivity index (χ2n) is 4.26. The third-order valence-corrected chi connectivity index (χ3v) is 7.66. The molecule has 0 rings (SSSR count). The van der Waals surface area contributed by atoms with Crippen molar-refractivity contribution in [3.63, 3.8) is 0 Å². The molecule has 15 heavy (non-hydrogen) atoms. The van der Waals surface area contributed by atoms with Gasteiger partial charge in [-0.3, -0.25) is 0 Å². The van der Waals surface area contributed by atoms with Crippen molar-refractivity contribution in [3.8, 4) is 0 Å². The largest absolute Gasteiger partial charge is 0.400 e. The lowest BCUT2D eigenvalue weighted by atomic mass is 10.1. The van der Waals surface area contributed by atoms with Gasteiger partial charge in [-0.25, -0.2) is 0 Å². The monoisotopic (exact) mass is 250 g/mol. The maximum atomic E-state index is 6.53. The van der Waals surface area contributed by atoms with Crippen LogP contribution in [0.25, 0.3) is 0 Å². The smallest absolute Gasteiger partial charge is 0.289 e. The Balaban J connectivity index is 4.11. The highest BCUT2D eigenvalue weighted by Crippen LogP contribution is 2.26. The van der Waals surface area contributed by atoms with E-state index in [0.717, 1.165) is 12.1 Å². The van der Waals surface area contributed by atoms with Gasteiger partial charge in [-0.1, -0.05) is 47.0 Å². The second kappa shape index (κ2) is 8.60. The first kappa shape index (κ1) is 15.5. The molecule has 1 nitrogen and oxygen atoms in total. The normalized spacial score (nSPS) is 14.2. The van der Waals surface area contributed by atoms with E-state index in [1.54, 1.807) is 0 Å². The average molecular weight is 251 g/mol. The van der Waals surface area contributed by atoms with E-state index in [-0.39, 0.29) is 0 Å². The van der Waals surface area contributed by atoms with Crippen LogP contribution in [-0.4, -0.2) is 13.7 Å². The first-order valence-corrected chi connectivity index (χ1v) is 9.82. The van der Waals surface area contributed by atoms with Crippen LogP contribution in [0.15, 0.2) is 0 Å². The summed E-state index contributed by atoms with van der Waals surface area (Å²) in [5.41, 5.74) is 0. The van der Waals surface area contributed by atoms with Crippen LogP contribution in [0.5, 0.6) is 0 Å². The fourth-order valence-electron chi connectivity index (χ4n) is 1.73. The van der Waals surface area contributed by atoms with Crippen molar-refractivity contribution < 1.29 is 4.43 Å². The zero-order chi connectivity index (χ0) is 11.7. The van der Waals surface area contributed by atoms with Gasteiger partial charge < -0.3 is 4.43 Å². The molecule has 0 N–H and O–H groups in total. The Morgan fingerprint density at radius 1 is 1.00 bits per heavy atom. The van der Waals surface area contributed by atoms with Gasteiger partial charge in [0.1, 0.15) is 0 Å². The zero-order valence-electron chi connectivity index (χ0n) is 10.8. The molecular weight excluding hydrogens is 224 g/mol. The number of hydrogen-bond donors (Lipinski definition) is 0. The molecule has 0 spiro atoms. The number of unbranched alkanes of at least 4 members (excludes halogenated alkanes) is 1. The van der Waals surface area contributed by atoms with Crippen LogP contribution in [0.4, 0.5) is 0 Å². The highest BCUT2D eigenvalue weighted by molar-refractivity contribution is 7.16. The molecule has 0 bridgehead atoms. The topological polar surface area (TPSA) is 9.23 Å². The van der Waals surface area contributed by atoms with Crippen molar-refractivity contribution in [1.29, 1.82) is 0 Å². The van der Waals surface area contributed by atoms with Crippen molar-refractivity contribution in [2.45, 2.75) is 78.0 Å². The molecule has 0 saturated heterocycles. The minimum atomic E-state index is -1.88. The van der Waals surface area contributed by atoms with Crippen LogP contribution < -0.4 is 0 Å². The fraction of sp³-hybridized carbons (Fsp3) is 1.00. The average Bonchev–Trinajstić information content (AvgIpc) is 2.26. The molecule has 0 heterocycles. The third kappa shape index (κ3) is 6.59. The molecule has 1 atom stereocenters. The highest BCUT2D eigenvalue weighted by Gasteiger charge is 2.31. The summed E-state index contributed by atoms with van der Waals surface area (Å²) in [7, 11) is -1.88. The predicted octanol–water partition coefficient (Wildman–Crippen LogP) is 5.08. The van der Waals surface area contributed by atoms with Gasteiger partial charge >= 0.3 is 0 Å². The first-order valence-electron chi connectivity index (χ1n) is 6.48. The highest BCUT2D eigenvalue weighted by atomic mass is 35.6. The molecule has 0 aliphatic rings. The summed E-state index contributed by atoms with van der Waals surface area (Å²) < 4.78 is 6.18. The van der Waals surface area contributed by atoms with Gasteiger partial charge in [0.2, 0.25) is 0 Å². The fourth-order valence-corrected chi connectivity index (χ4v) is 3.78. The third-order valence-electron chi connectivity index (χ3n) is 2.92. The summed E-state index contributed by atoms with van der Waals surface area (Å²) >= 11 is 6.53. The molecule has 0 fully saturated rings. The Morgan fingerprint density at radius 3 is 2.00 bits per heavy atom. The lowest BCUT2D eigenvalue weighted by molar-refractivity contribution is 0.170. The standard InChI is InChI=1S/C12H27ClOSi/c1-5-9-11-12(10-6-2)14-15(13,7-3)8-4/h12H,5-11H2,1-4H3. The van der Waals surface area contributed by atoms with E-state index in [2.05, 4.69) is 27.7 Å². The van der Waals surface area contributed by atoms with Gasteiger partial charge in [-0.2, -0.15) is 0 Å². The molecule has 0 aromatic heterocycles. The quantitative estimate of drug-likeness (QED) is 0.410. The minimum absolute atomic E-state index is 0.416. The SMILES string of the molecule is CCCCC(CCC)O[Si](Cl)(CC)CC. The Labute approximate surface area is 101 Å². The van der Waals surface area contributed by atoms with Crippen LogP contribution in [0.2, 0.25) is 12.1 Å². The number of rotatable bonds is 9. The van der Waals surface area contributed by atoms with Gasteiger partial charge in [-0.15, -0.1) is 11.1 Å². The summed E-state index contributed by atoms with van der Waals surface area (Å²) in [6.07, 6.45) is 6.48. The summed E-state index contributed by atoms with van der Waals surface area (Å²) in [4.78, 5) is 0. The van der Waals surface area contributed by atoms with Crippen molar-refractivity contribution in [3.05, 3.63) is 0 Å². The van der Waals surface area contributed by atoms with E-state index >= 15 is 0 Å². The number of hydrogen-bond acceptors (Lipinski definition) is 1. The molecule has 0 radical (unpaired) electrons. The maximum Gasteiger partial charge on any atom is 0.289 e. The molecule has 0 saturated carbocycles. The summed E-state index contributed by atoms with van der Waals surface area (Å²) in [6.45, 7) is 8.77. The van der Waals surface area contributed by atoms with Crippen LogP contribution in [0.3, 0.4) is 0 Å². The molecular formula is C12H27ClOSi. The van der Waals surface area contributed by atoms with E-state index in [4.69, 9.17) is 15.5 Å². The van der Waals surface area contributed by atoms with Gasteiger partial charge in [0, 0.05) is 6.10 Å². The molecule has 0 aromatic rings. The van der Waals surface area contributed by atoms with Crippen molar-refractivity contribution in [1.82, 2.24) is 0 Å². The summed E-state index contributed by atoms with van der Waals surface area (Å²) in [5.74, 6) is 0. The molecule has 0 aromatic carbocycles. The van der Waals surface area contributed by atoms with E-state index in [0.29, 0.717) is 6.10 Å². The Bertz CT molecular complexity index is 149. The van der Waals surface area contributed by atoms with Crippen LogP contribution in [0.1, 0.15) is 59.8 Å². The van der Waals surface area contributed by atoms with Crippen LogP contribution in [-0.2, 0) is 4.43 Å². The summed E-state index contributed by atoms with van der Waals surface area (Å²) in [6, 6.07) is 2.05. The second-order valence-corrected chi connectivity index (χ2v) is 9.74. The maximum absolute atomic E-state index is 6.53. The van der Waals surface area contributed by atoms with Gasteiger partial charge in [-0.05, 0) is 24.9 Å². The van der Waals surface area contributed by atoms with E-state index in [9.17, 15) is 0 Å². The zero-order valence-corrected chi connectivity index (χ0v) is 12.6. The van der Waals surface area contributed by atoms with Gasteiger partial charge in [0.25, 0.3) is 7.63 Å². The van der Waals surface area contributed by atoms with E-state index in [1.165, 1.54) is 32.1 Å². The lowest BCUT2D eigenvalue weighted by Gasteiger charge is -2.28. The summed E-state index contributed by atoms with van der Waals surface area (Å²) in [5, 5.41) is 0. The van der Waals surface area contributed by atoms with Crippen molar-refractivity contribution in [2.24, 2.45) is 0 Å². The molecule has 92 valence electrons. The number of halogens is 1. The molecule has 3 heteroatoms. The Kier molecular flexibility index (Phi) is 8.87. The molecule has 1 unspecified atom stereocenters. The van der Waals surface area contributed by atoms with Crippen molar-refractivity contribution >= 4 is 18.7 Å². The Morgan fingerprint density at radius 2 is 1.60 bits per heavy atom. The molecule has 0 aliphatic heterocycles.